The van der Waals surface area contributed by atoms with E-state index in [2.05, 4.69) is 39.5 Å². The molecule has 0 fully saturated rings. The quantitative estimate of drug-likeness (QED) is 0.713. The summed E-state index contributed by atoms with van der Waals surface area (Å²) in [5.41, 5.74) is 1.21. The van der Waals surface area contributed by atoms with Crippen molar-refractivity contribution < 1.29 is 14.6 Å². The number of nitrogens with zero attached hydrogens (tertiary/aromatic N) is 2. The van der Waals surface area contributed by atoms with Crippen LogP contribution in [0.1, 0.15) is 5.56 Å². The zero-order chi connectivity index (χ0) is 17.5. The first-order valence-corrected chi connectivity index (χ1v) is 8.59. The van der Waals surface area contributed by atoms with Gasteiger partial charge in [-0.2, -0.15) is 0 Å². The Bertz CT molecular complexity index is 733. The largest absolute Gasteiger partial charge is 0.497 e. The van der Waals surface area contributed by atoms with Gasteiger partial charge < -0.3 is 24.8 Å². The van der Waals surface area contributed by atoms with E-state index in [0.717, 1.165) is 37.9 Å². The molecule has 2 N–H and O–H groups in total. The van der Waals surface area contributed by atoms with Crippen LogP contribution < -0.4 is 10.1 Å². The third-order valence-corrected chi connectivity index (χ3v) is 4.23. The molecule has 1 aliphatic heterocycles. The molecule has 25 heavy (non-hydrogen) atoms. The number of fused-ring (bicyclic) bond motifs is 1. The van der Waals surface area contributed by atoms with Crippen LogP contribution in [0.2, 0.25) is 0 Å². The topological polar surface area (TPSA) is 66.3 Å². The average Bonchev–Trinajstić information content (AvgIpc) is 3.10. The molecule has 0 amide bonds. The van der Waals surface area contributed by atoms with E-state index in [1.54, 1.807) is 7.11 Å². The zero-order valence-electron chi connectivity index (χ0n) is 14.6. The molecule has 0 atom stereocenters. The van der Waals surface area contributed by atoms with Crippen molar-refractivity contribution in [2.45, 2.75) is 6.54 Å². The molecule has 0 bridgehead atoms. The third-order valence-electron chi connectivity index (χ3n) is 4.23. The van der Waals surface area contributed by atoms with Crippen LogP contribution in [-0.2, 0) is 11.3 Å². The molecule has 6 nitrogen and oxygen atoms in total. The van der Waals surface area contributed by atoms with E-state index in [1.807, 2.05) is 12.1 Å². The van der Waals surface area contributed by atoms with E-state index in [0.29, 0.717) is 13.2 Å². The van der Waals surface area contributed by atoms with Gasteiger partial charge in [0.1, 0.15) is 5.75 Å². The highest BCUT2D eigenvalue weighted by atomic mass is 16.5. The van der Waals surface area contributed by atoms with E-state index in [1.165, 1.54) is 16.3 Å². The molecule has 0 aromatic heterocycles. The Morgan fingerprint density at radius 3 is 2.84 bits per heavy atom. The second-order valence-corrected chi connectivity index (χ2v) is 5.93. The molecular weight excluding hydrogens is 318 g/mol. The zero-order valence-corrected chi connectivity index (χ0v) is 14.6. The number of aliphatic hydroxyl groups excluding tert-OH is 1. The Kier molecular flexibility index (Phi) is 6.09. The Labute approximate surface area is 148 Å². The van der Waals surface area contributed by atoms with E-state index >= 15 is 0 Å². The van der Waals surface area contributed by atoms with Crippen LogP contribution in [0, 0.1) is 0 Å². The summed E-state index contributed by atoms with van der Waals surface area (Å²) in [5.74, 6) is 1.79. The third kappa shape index (κ3) is 4.61. The van der Waals surface area contributed by atoms with Gasteiger partial charge >= 0.3 is 0 Å². The monoisotopic (exact) mass is 343 g/mol. The van der Waals surface area contributed by atoms with Crippen molar-refractivity contribution in [2.24, 2.45) is 4.99 Å². The highest BCUT2D eigenvalue weighted by Crippen LogP contribution is 2.21. The minimum Gasteiger partial charge on any atom is -0.497 e. The van der Waals surface area contributed by atoms with Gasteiger partial charge in [-0.3, -0.25) is 4.99 Å². The molecular formula is C19H25N3O3. The molecule has 0 saturated heterocycles. The van der Waals surface area contributed by atoms with Gasteiger partial charge in [0.2, 0.25) is 0 Å². The number of methoxy groups -OCH3 is 1. The smallest absolute Gasteiger partial charge is 0.194 e. The molecule has 0 radical (unpaired) electrons. The fourth-order valence-electron chi connectivity index (χ4n) is 2.90. The van der Waals surface area contributed by atoms with Crippen LogP contribution in [0.15, 0.2) is 41.4 Å². The van der Waals surface area contributed by atoms with Crippen molar-refractivity contribution in [3.63, 3.8) is 0 Å². The summed E-state index contributed by atoms with van der Waals surface area (Å²) in [6, 6.07) is 12.5. The van der Waals surface area contributed by atoms with Crippen LogP contribution in [0.5, 0.6) is 5.75 Å². The molecule has 0 aliphatic carbocycles. The van der Waals surface area contributed by atoms with Crippen LogP contribution in [0.4, 0.5) is 0 Å². The maximum absolute atomic E-state index is 8.74. The SMILES string of the molecule is COc1ccc2cc(CNC3=NCCN3CCOCCO)ccc2c1. The van der Waals surface area contributed by atoms with E-state index in [9.17, 15) is 0 Å². The summed E-state index contributed by atoms with van der Waals surface area (Å²) in [7, 11) is 1.68. The number of aliphatic hydroxyl groups is 1. The summed E-state index contributed by atoms with van der Waals surface area (Å²) in [4.78, 5) is 6.71. The molecule has 6 heteroatoms. The second kappa shape index (κ2) is 8.69. The van der Waals surface area contributed by atoms with Crippen molar-refractivity contribution in [3.8, 4) is 5.75 Å². The lowest BCUT2D eigenvalue weighted by Gasteiger charge is -2.21. The van der Waals surface area contributed by atoms with Crippen molar-refractivity contribution in [1.29, 1.82) is 0 Å². The molecule has 0 unspecified atom stereocenters. The first-order chi connectivity index (χ1) is 12.3. The highest BCUT2D eigenvalue weighted by molar-refractivity contribution is 5.85. The van der Waals surface area contributed by atoms with Gasteiger partial charge in [-0.05, 0) is 34.5 Å². The maximum atomic E-state index is 8.74. The summed E-state index contributed by atoms with van der Waals surface area (Å²) < 4.78 is 10.6. The van der Waals surface area contributed by atoms with E-state index in [4.69, 9.17) is 14.6 Å². The molecule has 0 saturated carbocycles. The minimum atomic E-state index is 0.0625. The summed E-state index contributed by atoms with van der Waals surface area (Å²) in [6.45, 7) is 4.27. The van der Waals surface area contributed by atoms with E-state index in [-0.39, 0.29) is 6.61 Å². The number of guanidine groups is 1. The van der Waals surface area contributed by atoms with Gasteiger partial charge in [-0.15, -0.1) is 0 Å². The van der Waals surface area contributed by atoms with Crippen molar-refractivity contribution in [1.82, 2.24) is 10.2 Å². The average molecular weight is 343 g/mol. The number of hydrogen-bond acceptors (Lipinski definition) is 6. The number of aliphatic imine (C=N–C) groups is 1. The molecule has 134 valence electrons. The fraction of sp³-hybridized carbons (Fsp3) is 0.421. The van der Waals surface area contributed by atoms with Crippen LogP contribution in [0.3, 0.4) is 0 Å². The lowest BCUT2D eigenvalue weighted by molar-refractivity contribution is 0.0849. The standard InChI is InChI=1S/C19H25N3O3/c1-24-18-5-4-16-12-15(2-3-17(16)13-18)14-21-19-20-6-7-22(19)8-10-25-11-9-23/h2-5,12-13,23H,6-11,14H2,1H3,(H,20,21). The van der Waals surface area contributed by atoms with Crippen LogP contribution in [0.25, 0.3) is 10.8 Å². The van der Waals surface area contributed by atoms with Crippen LogP contribution >= 0.6 is 0 Å². The molecule has 2 aromatic rings. The molecule has 1 heterocycles. The van der Waals surface area contributed by atoms with Crippen molar-refractivity contribution >= 4 is 16.7 Å². The van der Waals surface area contributed by atoms with Gasteiger partial charge in [0, 0.05) is 19.6 Å². The number of nitrogens with one attached hydrogen (secondary N) is 1. The first-order valence-electron chi connectivity index (χ1n) is 8.59. The molecule has 2 aromatic carbocycles. The molecule has 0 spiro atoms. The van der Waals surface area contributed by atoms with Gasteiger partial charge in [0.15, 0.2) is 5.96 Å². The number of rotatable bonds is 8. The Balaban J connectivity index is 1.56. The van der Waals surface area contributed by atoms with Gasteiger partial charge in [-0.25, -0.2) is 0 Å². The lowest BCUT2D eigenvalue weighted by Crippen LogP contribution is -2.40. The van der Waals surface area contributed by atoms with Gasteiger partial charge in [0.25, 0.3) is 0 Å². The van der Waals surface area contributed by atoms with Crippen molar-refractivity contribution in [2.75, 3.05) is 46.6 Å². The predicted molar refractivity (Wildman–Crippen MR) is 99.1 cm³/mol. The highest BCUT2D eigenvalue weighted by Gasteiger charge is 2.16. The van der Waals surface area contributed by atoms with E-state index < -0.39 is 0 Å². The summed E-state index contributed by atoms with van der Waals surface area (Å²) in [5, 5.41) is 14.5. The normalized spacial score (nSPS) is 14.0. The Hall–Kier alpha value is -2.31. The number of benzene rings is 2. The second-order valence-electron chi connectivity index (χ2n) is 5.93. The summed E-state index contributed by atoms with van der Waals surface area (Å²) in [6.07, 6.45) is 0. The molecule has 1 aliphatic rings. The maximum Gasteiger partial charge on any atom is 0.194 e. The Morgan fingerprint density at radius 1 is 1.16 bits per heavy atom. The van der Waals surface area contributed by atoms with Crippen molar-refractivity contribution in [3.05, 3.63) is 42.0 Å². The Morgan fingerprint density at radius 2 is 2.00 bits per heavy atom. The van der Waals surface area contributed by atoms with Crippen LogP contribution in [-0.4, -0.2) is 62.5 Å². The number of hydrogen-bond donors (Lipinski definition) is 2. The fourth-order valence-corrected chi connectivity index (χ4v) is 2.90. The first kappa shape index (κ1) is 17.5. The minimum absolute atomic E-state index is 0.0625. The van der Waals surface area contributed by atoms with Gasteiger partial charge in [-0.1, -0.05) is 18.2 Å². The van der Waals surface area contributed by atoms with Gasteiger partial charge in [0.05, 0.1) is 33.5 Å². The molecule has 3 rings (SSSR count). The lowest BCUT2D eigenvalue weighted by atomic mass is 10.1. The summed E-state index contributed by atoms with van der Waals surface area (Å²) >= 11 is 0. The predicted octanol–water partition coefficient (Wildman–Crippen LogP) is 1.62. The number of ether oxygens (including phenoxy) is 2.